The SMILES string of the molecule is CCC=CCCCCOC(CCC(=O)OCCC1CCN(CCSSCCN2CCC(CCOC(=O)CCCCCCC/C=C\C/C=C\CCCCC)CC2)CC1)OCCCC/C=C\CC. The highest BCUT2D eigenvalue weighted by atomic mass is 33.1. The first-order valence-corrected chi connectivity index (χ1v) is 29.9. The molecule has 0 aromatic heterocycles. The molecule has 0 spiro atoms. The van der Waals surface area contributed by atoms with Gasteiger partial charge in [0.05, 0.1) is 19.6 Å². The predicted molar refractivity (Wildman–Crippen MR) is 285 cm³/mol. The van der Waals surface area contributed by atoms with Crippen LogP contribution in [0.1, 0.15) is 201 Å². The number of hydrogen-bond acceptors (Lipinski definition) is 10. The predicted octanol–water partition coefficient (Wildman–Crippen LogP) is 14.9. The number of allylic oxidation sites excluding steroid dienone is 8. The highest BCUT2D eigenvalue weighted by Crippen LogP contribution is 2.26. The Hall–Kier alpha value is -1.56. The number of hydrogen-bond donors (Lipinski definition) is 0. The second-order valence-corrected chi connectivity index (χ2v) is 21.4. The average Bonchev–Trinajstić information content (AvgIpc) is 3.33. The second-order valence-electron chi connectivity index (χ2n) is 18.7. The van der Waals surface area contributed by atoms with E-state index in [2.05, 4.69) is 79.2 Å². The van der Waals surface area contributed by atoms with Crippen molar-refractivity contribution < 1.29 is 28.5 Å². The van der Waals surface area contributed by atoms with Crippen molar-refractivity contribution in [2.75, 3.05) is 77.2 Å². The first kappa shape index (κ1) is 60.6. The number of unbranched alkanes of at least 4 members (excludes halogenated alkanes) is 12. The minimum absolute atomic E-state index is 0.00513. The molecule has 8 nitrogen and oxygen atoms in total. The fraction of sp³-hybridized carbons (Fsp3) is 0.821. The Kier molecular flexibility index (Phi) is 42.1. The van der Waals surface area contributed by atoms with Gasteiger partial charge in [0.2, 0.25) is 0 Å². The first-order chi connectivity index (χ1) is 32.5. The van der Waals surface area contributed by atoms with Crippen LogP contribution in [0, 0.1) is 11.8 Å². The number of carbonyl (C=O) groups is 2. The van der Waals surface area contributed by atoms with Crippen LogP contribution in [-0.4, -0.2) is 105 Å². The molecule has 0 aromatic rings. The topological polar surface area (TPSA) is 77.5 Å². The van der Waals surface area contributed by atoms with Gasteiger partial charge in [-0.2, -0.15) is 0 Å². The highest BCUT2D eigenvalue weighted by Gasteiger charge is 2.21. The molecular weight excluding hydrogens is 861 g/mol. The van der Waals surface area contributed by atoms with Gasteiger partial charge >= 0.3 is 11.9 Å². The first-order valence-electron chi connectivity index (χ1n) is 27.4. The Morgan fingerprint density at radius 1 is 0.515 bits per heavy atom. The molecular formula is C56H100N2O6S2. The van der Waals surface area contributed by atoms with Crippen molar-refractivity contribution in [1.29, 1.82) is 0 Å². The molecule has 2 heterocycles. The molecule has 2 aliphatic rings. The van der Waals surface area contributed by atoms with Gasteiger partial charge in [-0.25, -0.2) is 0 Å². The van der Waals surface area contributed by atoms with Crippen LogP contribution in [0.5, 0.6) is 0 Å². The molecule has 2 aliphatic heterocycles. The van der Waals surface area contributed by atoms with Crippen LogP contribution in [-0.2, 0) is 28.5 Å². The zero-order chi connectivity index (χ0) is 47.2. The largest absolute Gasteiger partial charge is 0.466 e. The third-order valence-electron chi connectivity index (χ3n) is 12.9. The van der Waals surface area contributed by atoms with E-state index in [4.69, 9.17) is 18.9 Å². The minimum atomic E-state index is -0.341. The molecule has 0 radical (unpaired) electrons. The Balaban J connectivity index is 1.40. The standard InChI is InChI=1S/C56H100N2O6S2/c1-4-7-10-13-16-17-18-19-20-21-22-23-24-25-28-31-54(59)61-48-38-52-34-40-57(41-35-52)44-50-65-66-51-45-58-42-36-53(37-43-58)39-49-62-55(60)32-33-56(63-46-29-26-14-11-8-5-2)64-47-30-27-15-12-9-6-3/h8-9,11-12,16-17,19-20,52-53,56H,4-7,10,13-15,18,21-51H2,1-3H3/b11-8-,12-9?,17-16-,20-19-. The molecule has 0 aliphatic carbocycles. The number of carbonyl (C=O) groups excluding carboxylic acids is 2. The van der Waals surface area contributed by atoms with Crippen LogP contribution in [0.4, 0.5) is 0 Å². The molecule has 1 unspecified atom stereocenters. The molecule has 0 N–H and O–H groups in total. The molecule has 66 heavy (non-hydrogen) atoms. The molecule has 0 aromatic carbocycles. The van der Waals surface area contributed by atoms with E-state index < -0.39 is 0 Å². The van der Waals surface area contributed by atoms with Gasteiger partial charge in [-0.15, -0.1) is 0 Å². The Morgan fingerprint density at radius 3 is 1.45 bits per heavy atom. The molecule has 2 rings (SSSR count). The van der Waals surface area contributed by atoms with Gasteiger partial charge in [0.25, 0.3) is 0 Å². The van der Waals surface area contributed by atoms with E-state index >= 15 is 0 Å². The van der Waals surface area contributed by atoms with Crippen LogP contribution >= 0.6 is 21.6 Å². The summed E-state index contributed by atoms with van der Waals surface area (Å²) in [5.41, 5.74) is 0. The van der Waals surface area contributed by atoms with Gasteiger partial charge in [0.15, 0.2) is 6.29 Å². The summed E-state index contributed by atoms with van der Waals surface area (Å²) < 4.78 is 23.5. The average molecular weight is 962 g/mol. The summed E-state index contributed by atoms with van der Waals surface area (Å²) in [6, 6.07) is 0. The van der Waals surface area contributed by atoms with E-state index in [1.807, 2.05) is 21.6 Å². The lowest BCUT2D eigenvalue weighted by atomic mass is 9.94. The van der Waals surface area contributed by atoms with E-state index in [-0.39, 0.29) is 18.2 Å². The maximum absolute atomic E-state index is 12.7. The summed E-state index contributed by atoms with van der Waals surface area (Å²) in [5, 5.41) is 0. The van der Waals surface area contributed by atoms with Crippen LogP contribution in [0.15, 0.2) is 48.6 Å². The summed E-state index contributed by atoms with van der Waals surface area (Å²) in [7, 11) is 4.05. The Morgan fingerprint density at radius 2 is 0.955 bits per heavy atom. The fourth-order valence-electron chi connectivity index (χ4n) is 8.53. The van der Waals surface area contributed by atoms with Crippen LogP contribution < -0.4 is 0 Å². The lowest BCUT2D eigenvalue weighted by Gasteiger charge is -2.32. The summed E-state index contributed by atoms with van der Waals surface area (Å²) >= 11 is 0. The van der Waals surface area contributed by atoms with Gasteiger partial charge in [0.1, 0.15) is 0 Å². The van der Waals surface area contributed by atoms with Gasteiger partial charge in [-0.05, 0) is 166 Å². The third kappa shape index (κ3) is 37.3. The minimum Gasteiger partial charge on any atom is -0.466 e. The van der Waals surface area contributed by atoms with Crippen molar-refractivity contribution in [3.05, 3.63) is 48.6 Å². The quantitative estimate of drug-likeness (QED) is 0.0194. The van der Waals surface area contributed by atoms with E-state index in [0.717, 1.165) is 103 Å². The van der Waals surface area contributed by atoms with Crippen LogP contribution in [0.25, 0.3) is 0 Å². The zero-order valence-electron chi connectivity index (χ0n) is 42.8. The summed E-state index contributed by atoms with van der Waals surface area (Å²) in [4.78, 5) is 30.2. The van der Waals surface area contributed by atoms with Crippen molar-refractivity contribution in [3.63, 3.8) is 0 Å². The molecule has 382 valence electrons. The smallest absolute Gasteiger partial charge is 0.305 e. The van der Waals surface area contributed by atoms with Gasteiger partial charge in [-0.1, -0.05) is 123 Å². The van der Waals surface area contributed by atoms with Crippen LogP contribution in [0.3, 0.4) is 0 Å². The Bertz CT molecular complexity index is 1210. The van der Waals surface area contributed by atoms with E-state index in [1.54, 1.807) is 0 Å². The van der Waals surface area contributed by atoms with Gasteiger partial charge in [-0.3, -0.25) is 9.59 Å². The molecule has 10 heteroatoms. The number of rotatable bonds is 44. The van der Waals surface area contributed by atoms with Crippen molar-refractivity contribution in [3.8, 4) is 0 Å². The number of nitrogens with zero attached hydrogens (tertiary/aromatic N) is 2. The van der Waals surface area contributed by atoms with Gasteiger partial charge < -0.3 is 28.7 Å². The molecule has 0 bridgehead atoms. The lowest BCUT2D eigenvalue weighted by molar-refractivity contribution is -0.159. The van der Waals surface area contributed by atoms with Crippen molar-refractivity contribution in [2.45, 2.75) is 207 Å². The number of likely N-dealkylation sites (tertiary alicyclic amines) is 2. The Labute approximate surface area is 414 Å². The second kappa shape index (κ2) is 45.9. The summed E-state index contributed by atoms with van der Waals surface area (Å²) in [5.74, 6) is 3.53. The fourth-order valence-corrected chi connectivity index (χ4v) is 10.6. The molecule has 0 saturated carbocycles. The normalized spacial score (nSPS) is 16.5. The third-order valence-corrected chi connectivity index (χ3v) is 15.3. The summed E-state index contributed by atoms with van der Waals surface area (Å²) in [6.45, 7) is 16.0. The van der Waals surface area contributed by atoms with Crippen LogP contribution in [0.2, 0.25) is 0 Å². The lowest BCUT2D eigenvalue weighted by Crippen LogP contribution is -2.36. The molecule has 2 fully saturated rings. The number of ether oxygens (including phenoxy) is 4. The highest BCUT2D eigenvalue weighted by molar-refractivity contribution is 8.76. The zero-order valence-corrected chi connectivity index (χ0v) is 44.4. The van der Waals surface area contributed by atoms with Crippen molar-refractivity contribution in [2.24, 2.45) is 11.8 Å². The van der Waals surface area contributed by atoms with E-state index in [1.165, 1.54) is 108 Å². The van der Waals surface area contributed by atoms with E-state index in [9.17, 15) is 9.59 Å². The monoisotopic (exact) mass is 961 g/mol. The van der Waals surface area contributed by atoms with E-state index in [0.29, 0.717) is 57.5 Å². The van der Waals surface area contributed by atoms with Crippen molar-refractivity contribution in [1.82, 2.24) is 9.80 Å². The molecule has 1 atom stereocenters. The van der Waals surface area contributed by atoms with Crippen molar-refractivity contribution >= 4 is 33.5 Å². The number of esters is 2. The molecule has 0 amide bonds. The van der Waals surface area contributed by atoms with Gasteiger partial charge in [0, 0.05) is 50.7 Å². The molecule has 2 saturated heterocycles. The maximum atomic E-state index is 12.7. The maximum Gasteiger partial charge on any atom is 0.305 e. The number of piperidine rings is 2. The summed E-state index contributed by atoms with van der Waals surface area (Å²) in [6.07, 6.45) is 47.8.